The molecule has 0 N–H and O–H groups in total. The van der Waals surface area contributed by atoms with E-state index in [1.165, 1.54) is 12.6 Å². The maximum Gasteiger partial charge on any atom is 0.292 e. The molecule has 27 heavy (non-hydrogen) atoms. The molecule has 1 atom stereocenters. The van der Waals surface area contributed by atoms with Gasteiger partial charge in [0.05, 0.1) is 26.5 Å². The van der Waals surface area contributed by atoms with E-state index in [9.17, 15) is 4.79 Å². The fraction of sp³-hybridized carbons (Fsp3) is 0.250. The van der Waals surface area contributed by atoms with Crippen molar-refractivity contribution in [1.29, 1.82) is 0 Å². The van der Waals surface area contributed by atoms with Crippen molar-refractivity contribution in [2.75, 3.05) is 20.8 Å². The van der Waals surface area contributed by atoms with Gasteiger partial charge in [0.25, 0.3) is 5.91 Å². The molecule has 4 rings (SSSR count). The van der Waals surface area contributed by atoms with Gasteiger partial charge in [-0.3, -0.25) is 9.78 Å². The van der Waals surface area contributed by atoms with Crippen LogP contribution < -0.4 is 9.47 Å². The van der Waals surface area contributed by atoms with Gasteiger partial charge >= 0.3 is 0 Å². The number of nitrogens with zero attached hydrogens (tertiary/aromatic N) is 3. The number of amides is 1. The minimum atomic E-state index is -0.306. The van der Waals surface area contributed by atoms with Crippen LogP contribution in [0.1, 0.15) is 33.3 Å². The Kier molecular flexibility index (Phi) is 4.50. The van der Waals surface area contributed by atoms with Gasteiger partial charge in [-0.05, 0) is 41.3 Å². The zero-order valence-corrected chi connectivity index (χ0v) is 15.1. The number of carbonyl (C=O) groups is 1. The van der Waals surface area contributed by atoms with Gasteiger partial charge in [0.2, 0.25) is 5.76 Å². The number of rotatable bonds is 4. The summed E-state index contributed by atoms with van der Waals surface area (Å²) in [7, 11) is 3.22. The van der Waals surface area contributed by atoms with Crippen molar-refractivity contribution in [3.8, 4) is 11.5 Å². The van der Waals surface area contributed by atoms with Gasteiger partial charge in [-0.15, -0.1) is 0 Å². The quantitative estimate of drug-likeness (QED) is 0.707. The highest BCUT2D eigenvalue weighted by molar-refractivity contribution is 5.92. The molecule has 1 aromatic carbocycles. The van der Waals surface area contributed by atoms with E-state index in [0.29, 0.717) is 24.5 Å². The van der Waals surface area contributed by atoms with Gasteiger partial charge < -0.3 is 18.8 Å². The Bertz CT molecular complexity index is 941. The van der Waals surface area contributed by atoms with E-state index in [2.05, 4.69) is 9.97 Å². The van der Waals surface area contributed by atoms with Crippen LogP contribution in [0.3, 0.4) is 0 Å². The normalized spacial score (nSPS) is 15.9. The maximum absolute atomic E-state index is 13.0. The second kappa shape index (κ2) is 7.11. The third-order valence-electron chi connectivity index (χ3n) is 4.78. The van der Waals surface area contributed by atoms with Gasteiger partial charge in [0, 0.05) is 18.9 Å². The fourth-order valence-corrected chi connectivity index (χ4v) is 3.52. The molecule has 3 aromatic rings. The van der Waals surface area contributed by atoms with Crippen LogP contribution in [0.5, 0.6) is 11.5 Å². The van der Waals surface area contributed by atoms with Crippen LogP contribution in [0.25, 0.3) is 0 Å². The first-order valence-corrected chi connectivity index (χ1v) is 8.57. The Morgan fingerprint density at radius 3 is 2.67 bits per heavy atom. The molecule has 1 amide bonds. The molecule has 0 aliphatic carbocycles. The van der Waals surface area contributed by atoms with Gasteiger partial charge in [-0.2, -0.15) is 0 Å². The number of hydrogen-bond acceptors (Lipinski definition) is 6. The number of oxazole rings is 1. The monoisotopic (exact) mass is 365 g/mol. The molecule has 0 saturated carbocycles. The second-order valence-corrected chi connectivity index (χ2v) is 6.21. The van der Waals surface area contributed by atoms with E-state index < -0.39 is 0 Å². The Morgan fingerprint density at radius 1 is 1.19 bits per heavy atom. The molecule has 7 heteroatoms. The number of carbonyl (C=O) groups excluding carboxylic acids is 1. The van der Waals surface area contributed by atoms with Crippen LogP contribution in [-0.2, 0) is 6.42 Å². The van der Waals surface area contributed by atoms with Crippen molar-refractivity contribution in [2.24, 2.45) is 0 Å². The number of aromatic nitrogens is 2. The average molecular weight is 365 g/mol. The summed E-state index contributed by atoms with van der Waals surface area (Å²) in [4.78, 5) is 22.9. The highest BCUT2D eigenvalue weighted by Gasteiger charge is 2.35. The summed E-state index contributed by atoms with van der Waals surface area (Å²) in [5, 5.41) is 0. The number of ether oxygens (including phenoxy) is 2. The largest absolute Gasteiger partial charge is 0.493 e. The smallest absolute Gasteiger partial charge is 0.292 e. The summed E-state index contributed by atoms with van der Waals surface area (Å²) < 4.78 is 16.2. The highest BCUT2D eigenvalue weighted by atomic mass is 16.5. The van der Waals surface area contributed by atoms with Crippen molar-refractivity contribution in [1.82, 2.24) is 14.9 Å². The summed E-state index contributed by atoms with van der Waals surface area (Å²) in [5.74, 6) is 1.31. The van der Waals surface area contributed by atoms with E-state index in [0.717, 1.165) is 16.7 Å². The standard InChI is InChI=1S/C20H19N3O4/c1-25-16-8-13-5-7-23(20(24)18-11-22-12-27-18)19(14-4-3-6-21-10-14)15(13)9-17(16)26-2/h3-4,6,8-12,19H,5,7H2,1-2H3/t19-/m0/s1. The van der Waals surface area contributed by atoms with E-state index in [1.807, 2.05) is 24.3 Å². The van der Waals surface area contributed by atoms with Crippen molar-refractivity contribution in [2.45, 2.75) is 12.5 Å². The van der Waals surface area contributed by atoms with Gasteiger partial charge in [-0.25, -0.2) is 4.98 Å². The first kappa shape index (κ1) is 17.1. The molecular formula is C20H19N3O4. The molecule has 1 aliphatic rings. The van der Waals surface area contributed by atoms with E-state index >= 15 is 0 Å². The van der Waals surface area contributed by atoms with Crippen LogP contribution in [0, 0.1) is 0 Å². The summed E-state index contributed by atoms with van der Waals surface area (Å²) >= 11 is 0. The number of pyridine rings is 1. The number of benzene rings is 1. The van der Waals surface area contributed by atoms with Crippen molar-refractivity contribution in [3.05, 3.63) is 71.7 Å². The molecule has 0 bridgehead atoms. The second-order valence-electron chi connectivity index (χ2n) is 6.21. The molecule has 0 radical (unpaired) electrons. The molecule has 138 valence electrons. The topological polar surface area (TPSA) is 77.7 Å². The molecule has 3 heterocycles. The minimum absolute atomic E-state index is 0.207. The van der Waals surface area contributed by atoms with E-state index in [1.54, 1.807) is 31.5 Å². The highest BCUT2D eigenvalue weighted by Crippen LogP contribution is 2.41. The van der Waals surface area contributed by atoms with Gasteiger partial charge in [0.1, 0.15) is 0 Å². The molecule has 0 fully saturated rings. The lowest BCUT2D eigenvalue weighted by atomic mass is 9.88. The zero-order chi connectivity index (χ0) is 18.8. The maximum atomic E-state index is 13.0. The number of methoxy groups -OCH3 is 2. The van der Waals surface area contributed by atoms with Crippen molar-refractivity contribution < 1.29 is 18.7 Å². The third kappa shape index (κ3) is 3.01. The lowest BCUT2D eigenvalue weighted by molar-refractivity contribution is 0.0661. The van der Waals surface area contributed by atoms with Gasteiger partial charge in [-0.1, -0.05) is 6.07 Å². The summed E-state index contributed by atoms with van der Waals surface area (Å²) in [5.41, 5.74) is 3.02. The molecule has 2 aromatic heterocycles. The SMILES string of the molecule is COc1cc2c(cc1OC)[C@H](c1cccnc1)N(C(=O)c1cnco1)CC2. The lowest BCUT2D eigenvalue weighted by Crippen LogP contribution is -2.40. The third-order valence-corrected chi connectivity index (χ3v) is 4.78. The molecule has 7 nitrogen and oxygen atoms in total. The summed E-state index contributed by atoms with van der Waals surface area (Å²) in [6.07, 6.45) is 6.89. The van der Waals surface area contributed by atoms with Crippen LogP contribution in [-0.4, -0.2) is 41.5 Å². The fourth-order valence-electron chi connectivity index (χ4n) is 3.52. The molecule has 0 unspecified atom stereocenters. The molecule has 0 saturated heterocycles. The Balaban J connectivity index is 1.85. The van der Waals surface area contributed by atoms with Crippen molar-refractivity contribution >= 4 is 5.91 Å². The summed E-state index contributed by atoms with van der Waals surface area (Å²) in [6.45, 7) is 0.543. The van der Waals surface area contributed by atoms with E-state index in [4.69, 9.17) is 13.9 Å². The van der Waals surface area contributed by atoms with Crippen LogP contribution in [0.4, 0.5) is 0 Å². The summed E-state index contributed by atoms with van der Waals surface area (Å²) in [6, 6.07) is 7.44. The average Bonchev–Trinajstić information content (AvgIpc) is 3.26. The predicted molar refractivity (Wildman–Crippen MR) is 96.9 cm³/mol. The minimum Gasteiger partial charge on any atom is -0.493 e. The van der Waals surface area contributed by atoms with Crippen LogP contribution in [0.2, 0.25) is 0 Å². The van der Waals surface area contributed by atoms with Crippen molar-refractivity contribution in [3.63, 3.8) is 0 Å². The molecule has 1 aliphatic heterocycles. The Hall–Kier alpha value is -3.35. The lowest BCUT2D eigenvalue weighted by Gasteiger charge is -2.37. The Morgan fingerprint density at radius 2 is 2.00 bits per heavy atom. The molecule has 0 spiro atoms. The first-order chi connectivity index (χ1) is 13.2. The van der Waals surface area contributed by atoms with E-state index in [-0.39, 0.29) is 17.7 Å². The Labute approximate surface area is 156 Å². The zero-order valence-electron chi connectivity index (χ0n) is 15.1. The molecular weight excluding hydrogens is 346 g/mol. The van der Waals surface area contributed by atoms with Gasteiger partial charge in [0.15, 0.2) is 17.9 Å². The number of fused-ring (bicyclic) bond motifs is 1. The predicted octanol–water partition coefficient (Wildman–Crippen LogP) is 2.87. The van der Waals surface area contributed by atoms with Crippen LogP contribution >= 0.6 is 0 Å². The number of hydrogen-bond donors (Lipinski definition) is 0. The van der Waals surface area contributed by atoms with Crippen LogP contribution in [0.15, 0.2) is 53.7 Å². The first-order valence-electron chi connectivity index (χ1n) is 8.57.